The highest BCUT2D eigenvalue weighted by atomic mass is 35.5. The van der Waals surface area contributed by atoms with E-state index < -0.39 is 0 Å². The lowest BCUT2D eigenvalue weighted by atomic mass is 10.3. The molecule has 0 aliphatic heterocycles. The molecule has 0 saturated carbocycles. The number of aryl methyl sites for hydroxylation is 2. The number of hydrogen-bond acceptors (Lipinski definition) is 2. The van der Waals surface area contributed by atoms with E-state index in [0.29, 0.717) is 15.7 Å². The Morgan fingerprint density at radius 3 is 2.50 bits per heavy atom. The summed E-state index contributed by atoms with van der Waals surface area (Å²) in [5, 5.41) is 7.63. The van der Waals surface area contributed by atoms with Crippen molar-refractivity contribution in [3.05, 3.63) is 45.7 Å². The minimum absolute atomic E-state index is 0.334. The van der Waals surface area contributed by atoms with Crippen molar-refractivity contribution >= 4 is 34.9 Å². The van der Waals surface area contributed by atoms with Crippen molar-refractivity contribution in [2.75, 3.05) is 5.32 Å². The van der Waals surface area contributed by atoms with Gasteiger partial charge in [-0.25, -0.2) is 4.79 Å². The smallest absolute Gasteiger partial charge is 0.306 e. The lowest BCUT2D eigenvalue weighted by Crippen LogP contribution is -2.21. The first-order chi connectivity index (χ1) is 8.47. The van der Waals surface area contributed by atoms with Crippen LogP contribution < -0.4 is 5.32 Å². The van der Waals surface area contributed by atoms with Gasteiger partial charge in [0, 0.05) is 11.4 Å². The number of benzene rings is 1. The molecular formula is C12H11Cl2N3O. The van der Waals surface area contributed by atoms with Gasteiger partial charge in [-0.05, 0) is 38.1 Å². The quantitative estimate of drug-likeness (QED) is 0.863. The third-order valence-electron chi connectivity index (χ3n) is 2.37. The number of nitrogens with zero attached hydrogens (tertiary/aromatic N) is 2. The van der Waals surface area contributed by atoms with Crippen LogP contribution in [0.1, 0.15) is 11.4 Å². The van der Waals surface area contributed by atoms with Gasteiger partial charge >= 0.3 is 6.03 Å². The molecule has 2 rings (SSSR count). The summed E-state index contributed by atoms with van der Waals surface area (Å²) in [4.78, 5) is 12.0. The second-order valence-corrected chi connectivity index (χ2v) is 4.71. The molecule has 1 aromatic heterocycles. The molecule has 0 saturated heterocycles. The van der Waals surface area contributed by atoms with Gasteiger partial charge in [0.1, 0.15) is 0 Å². The molecule has 2 aromatic rings. The molecule has 18 heavy (non-hydrogen) atoms. The number of carbonyl (C=O) groups excluding carboxylic acids is 1. The Bertz CT molecular complexity index is 607. The number of amides is 1. The van der Waals surface area contributed by atoms with Crippen molar-refractivity contribution in [1.29, 1.82) is 0 Å². The van der Waals surface area contributed by atoms with Gasteiger partial charge in [-0.15, -0.1) is 0 Å². The summed E-state index contributed by atoms with van der Waals surface area (Å²) in [6.07, 6.45) is 0. The second kappa shape index (κ2) is 5.00. The summed E-state index contributed by atoms with van der Waals surface area (Å²) >= 11 is 11.7. The van der Waals surface area contributed by atoms with Gasteiger partial charge in [-0.1, -0.05) is 23.2 Å². The summed E-state index contributed by atoms with van der Waals surface area (Å²) in [6, 6.07) is 6.39. The van der Waals surface area contributed by atoms with Gasteiger partial charge in [0.2, 0.25) is 0 Å². The number of hydrogen-bond donors (Lipinski definition) is 1. The zero-order valence-electron chi connectivity index (χ0n) is 9.87. The predicted molar refractivity (Wildman–Crippen MR) is 72.6 cm³/mol. The van der Waals surface area contributed by atoms with Crippen molar-refractivity contribution in [1.82, 2.24) is 9.78 Å². The number of nitrogens with one attached hydrogen (secondary N) is 1. The third-order valence-corrected chi connectivity index (χ3v) is 3.11. The Kier molecular flexibility index (Phi) is 3.59. The molecule has 0 radical (unpaired) electrons. The van der Waals surface area contributed by atoms with Crippen LogP contribution >= 0.6 is 23.2 Å². The van der Waals surface area contributed by atoms with Gasteiger partial charge in [0.15, 0.2) is 0 Å². The van der Waals surface area contributed by atoms with Crippen LogP contribution in [0.25, 0.3) is 0 Å². The summed E-state index contributed by atoms with van der Waals surface area (Å²) in [5.41, 5.74) is 2.13. The largest absolute Gasteiger partial charge is 0.346 e. The van der Waals surface area contributed by atoms with Crippen molar-refractivity contribution in [2.45, 2.75) is 13.8 Å². The normalized spacial score (nSPS) is 10.4. The first-order valence-corrected chi connectivity index (χ1v) is 6.02. The molecule has 0 spiro atoms. The van der Waals surface area contributed by atoms with Crippen molar-refractivity contribution < 1.29 is 4.79 Å². The van der Waals surface area contributed by atoms with Gasteiger partial charge in [-0.3, -0.25) is 0 Å². The van der Waals surface area contributed by atoms with Gasteiger partial charge < -0.3 is 5.32 Å². The van der Waals surface area contributed by atoms with Crippen LogP contribution in [-0.2, 0) is 0 Å². The van der Waals surface area contributed by atoms with E-state index in [1.54, 1.807) is 18.2 Å². The standard InChI is InChI=1S/C12H11Cl2N3O/c1-7-5-8(2)17(16-7)12(18)15-9-3-4-10(13)11(14)6-9/h3-6H,1-2H3,(H,15,18). The molecule has 6 heteroatoms. The zero-order chi connectivity index (χ0) is 13.3. The molecule has 0 fully saturated rings. The van der Waals surface area contributed by atoms with Crippen molar-refractivity contribution in [3.63, 3.8) is 0 Å². The maximum Gasteiger partial charge on any atom is 0.346 e. The fourth-order valence-corrected chi connectivity index (χ4v) is 1.88. The highest BCUT2D eigenvalue weighted by Gasteiger charge is 2.10. The minimum Gasteiger partial charge on any atom is -0.306 e. The molecule has 1 amide bonds. The highest BCUT2D eigenvalue weighted by molar-refractivity contribution is 6.42. The Morgan fingerprint density at radius 1 is 1.22 bits per heavy atom. The Morgan fingerprint density at radius 2 is 1.94 bits per heavy atom. The molecule has 0 bridgehead atoms. The average Bonchev–Trinajstić information content (AvgIpc) is 2.63. The minimum atomic E-state index is -0.334. The van der Waals surface area contributed by atoms with E-state index in [2.05, 4.69) is 10.4 Å². The average molecular weight is 284 g/mol. The van der Waals surface area contributed by atoms with Crippen LogP contribution in [0.2, 0.25) is 10.0 Å². The van der Waals surface area contributed by atoms with Gasteiger partial charge in [0.25, 0.3) is 0 Å². The van der Waals surface area contributed by atoms with Crippen molar-refractivity contribution in [2.24, 2.45) is 0 Å². The van der Waals surface area contributed by atoms with Crippen LogP contribution in [-0.4, -0.2) is 15.8 Å². The third kappa shape index (κ3) is 2.66. The summed E-state index contributed by atoms with van der Waals surface area (Å²) in [6.45, 7) is 3.64. The van der Waals surface area contributed by atoms with E-state index in [9.17, 15) is 4.79 Å². The summed E-state index contributed by atoms with van der Waals surface area (Å²) < 4.78 is 1.30. The SMILES string of the molecule is Cc1cc(C)n(C(=O)Nc2ccc(Cl)c(Cl)c2)n1. The number of halogens is 2. The molecular weight excluding hydrogens is 273 g/mol. The summed E-state index contributed by atoms with van der Waals surface area (Å²) in [7, 11) is 0. The predicted octanol–water partition coefficient (Wildman–Crippen LogP) is 3.89. The summed E-state index contributed by atoms with van der Waals surface area (Å²) in [5.74, 6) is 0. The number of rotatable bonds is 1. The first-order valence-electron chi connectivity index (χ1n) is 5.27. The lowest BCUT2D eigenvalue weighted by molar-refractivity contribution is 0.250. The molecule has 0 aliphatic carbocycles. The topological polar surface area (TPSA) is 46.9 Å². The van der Waals surface area contributed by atoms with E-state index in [4.69, 9.17) is 23.2 Å². The van der Waals surface area contributed by atoms with Crippen LogP contribution in [0.4, 0.5) is 10.5 Å². The molecule has 0 atom stereocenters. The fourth-order valence-electron chi connectivity index (χ4n) is 1.58. The van der Waals surface area contributed by atoms with Crippen LogP contribution in [0.15, 0.2) is 24.3 Å². The maximum absolute atomic E-state index is 12.0. The lowest BCUT2D eigenvalue weighted by Gasteiger charge is -2.07. The van der Waals surface area contributed by atoms with E-state index in [1.807, 2.05) is 19.9 Å². The van der Waals surface area contributed by atoms with Gasteiger partial charge in [0.05, 0.1) is 15.7 Å². The monoisotopic (exact) mass is 283 g/mol. The van der Waals surface area contributed by atoms with Crippen LogP contribution in [0, 0.1) is 13.8 Å². The van der Waals surface area contributed by atoms with E-state index in [1.165, 1.54) is 4.68 Å². The molecule has 4 nitrogen and oxygen atoms in total. The Labute approximate surface area is 115 Å². The van der Waals surface area contributed by atoms with E-state index >= 15 is 0 Å². The highest BCUT2D eigenvalue weighted by Crippen LogP contribution is 2.25. The van der Waals surface area contributed by atoms with Crippen molar-refractivity contribution in [3.8, 4) is 0 Å². The maximum atomic E-state index is 12.0. The fraction of sp³-hybridized carbons (Fsp3) is 0.167. The number of carbonyl (C=O) groups is 1. The first kappa shape index (κ1) is 12.9. The van der Waals surface area contributed by atoms with E-state index in [-0.39, 0.29) is 6.03 Å². The number of anilines is 1. The Balaban J connectivity index is 2.21. The molecule has 94 valence electrons. The van der Waals surface area contributed by atoms with Crippen LogP contribution in [0.5, 0.6) is 0 Å². The molecule has 1 N–H and O–H groups in total. The Hall–Kier alpha value is -1.52. The number of aromatic nitrogens is 2. The molecule has 1 aromatic carbocycles. The molecule has 0 aliphatic rings. The van der Waals surface area contributed by atoms with Gasteiger partial charge in [-0.2, -0.15) is 9.78 Å². The molecule has 0 unspecified atom stereocenters. The zero-order valence-corrected chi connectivity index (χ0v) is 11.4. The van der Waals surface area contributed by atoms with E-state index in [0.717, 1.165) is 11.4 Å². The van der Waals surface area contributed by atoms with Crippen LogP contribution in [0.3, 0.4) is 0 Å². The molecule has 1 heterocycles. The second-order valence-electron chi connectivity index (χ2n) is 3.90.